The Morgan fingerprint density at radius 1 is 1.24 bits per heavy atom. The third kappa shape index (κ3) is 5.73. The second-order valence-electron chi connectivity index (χ2n) is 10.4. The zero-order valence-electron chi connectivity index (χ0n) is 22.4. The number of carbonyl (C=O) groups excluding carboxylic acids is 1. The standard InChI is InChI=1S/C29H36N4O4S/c1-6-29(3,4)30-18-26(34)23(15-20-11-9-8-10-12-20)31-28(35)22-16-24-27-21(13-14-38(36,37)32(24)5)19-33(7-2)25(27)17-22/h1,8-12,16-17,19,23,26,30,34H,7,13-15,18H2,2-5H3,(H,31,35)/t23-,26+/m0/s1. The van der Waals surface area contributed by atoms with E-state index in [9.17, 15) is 18.3 Å². The molecule has 2 aromatic carbocycles. The van der Waals surface area contributed by atoms with Gasteiger partial charge in [-0.05, 0) is 56.9 Å². The molecule has 0 radical (unpaired) electrons. The van der Waals surface area contributed by atoms with E-state index in [2.05, 4.69) is 16.6 Å². The van der Waals surface area contributed by atoms with Crippen LogP contribution in [0.3, 0.4) is 0 Å². The van der Waals surface area contributed by atoms with Crippen LogP contribution in [0.4, 0.5) is 5.69 Å². The largest absolute Gasteiger partial charge is 0.390 e. The van der Waals surface area contributed by atoms with Gasteiger partial charge in [0.05, 0.1) is 34.6 Å². The van der Waals surface area contributed by atoms with Crippen molar-refractivity contribution in [3.8, 4) is 12.3 Å². The molecule has 9 heteroatoms. The third-order valence-corrected chi connectivity index (χ3v) is 8.97. The fourth-order valence-electron chi connectivity index (χ4n) is 4.80. The molecule has 3 aromatic rings. The molecule has 2 heterocycles. The lowest BCUT2D eigenvalue weighted by molar-refractivity contribution is 0.0822. The second kappa shape index (κ2) is 10.8. The fourth-order valence-corrected chi connectivity index (χ4v) is 6.00. The summed E-state index contributed by atoms with van der Waals surface area (Å²) in [6, 6.07) is 12.4. The number of aryl methyl sites for hydroxylation is 2. The Hall–Kier alpha value is -3.32. The highest BCUT2D eigenvalue weighted by molar-refractivity contribution is 7.92. The highest BCUT2D eigenvalue weighted by atomic mass is 32.2. The van der Waals surface area contributed by atoms with Crippen LogP contribution in [0.15, 0.2) is 48.7 Å². The maximum absolute atomic E-state index is 13.6. The van der Waals surface area contributed by atoms with E-state index in [0.717, 1.165) is 22.0 Å². The van der Waals surface area contributed by atoms with E-state index in [0.29, 0.717) is 30.6 Å². The van der Waals surface area contributed by atoms with Crippen LogP contribution in [0.2, 0.25) is 0 Å². The maximum atomic E-state index is 13.6. The highest BCUT2D eigenvalue weighted by Gasteiger charge is 2.30. The van der Waals surface area contributed by atoms with Gasteiger partial charge < -0.3 is 15.0 Å². The normalized spacial score (nSPS) is 16.5. The van der Waals surface area contributed by atoms with Gasteiger partial charge in [-0.25, -0.2) is 8.42 Å². The lowest BCUT2D eigenvalue weighted by atomic mass is 9.99. The number of anilines is 1. The summed E-state index contributed by atoms with van der Waals surface area (Å²) in [5, 5.41) is 18.1. The SMILES string of the molecule is C#CC(C)(C)NC[C@@H](O)[C@H](Cc1ccccc1)NC(=O)c1cc2c3c(cn(CC)c3c1)CCS(=O)(=O)N2C. The quantitative estimate of drug-likeness (QED) is 0.365. The number of aliphatic hydroxyl groups excluding tert-OH is 1. The Morgan fingerprint density at radius 3 is 2.61 bits per heavy atom. The van der Waals surface area contributed by atoms with Crippen molar-refractivity contribution in [3.05, 3.63) is 65.4 Å². The average molecular weight is 537 g/mol. The van der Waals surface area contributed by atoms with Gasteiger partial charge in [-0.15, -0.1) is 6.42 Å². The number of amides is 1. The Morgan fingerprint density at radius 2 is 1.95 bits per heavy atom. The molecular weight excluding hydrogens is 500 g/mol. The molecule has 202 valence electrons. The van der Waals surface area contributed by atoms with Crippen molar-refractivity contribution < 1.29 is 18.3 Å². The van der Waals surface area contributed by atoms with E-state index < -0.39 is 27.7 Å². The topological polar surface area (TPSA) is 104 Å². The molecule has 0 bridgehead atoms. The summed E-state index contributed by atoms with van der Waals surface area (Å²) in [7, 11) is -1.98. The first kappa shape index (κ1) is 27.7. The minimum Gasteiger partial charge on any atom is -0.390 e. The number of nitrogens with zero attached hydrogens (tertiary/aromatic N) is 2. The van der Waals surface area contributed by atoms with Crippen LogP contribution in [0.25, 0.3) is 10.9 Å². The molecule has 1 aliphatic heterocycles. The number of aromatic nitrogens is 1. The first-order chi connectivity index (χ1) is 18.0. The number of terminal acetylenes is 1. The monoisotopic (exact) mass is 536 g/mol. The molecule has 0 saturated heterocycles. The van der Waals surface area contributed by atoms with Crippen LogP contribution < -0.4 is 14.9 Å². The molecule has 38 heavy (non-hydrogen) atoms. The summed E-state index contributed by atoms with van der Waals surface area (Å²) in [5.74, 6) is 2.27. The number of benzene rings is 2. The molecular formula is C29H36N4O4S. The molecule has 3 N–H and O–H groups in total. The van der Waals surface area contributed by atoms with Gasteiger partial charge in [0.15, 0.2) is 0 Å². The highest BCUT2D eigenvalue weighted by Crippen LogP contribution is 2.36. The number of aliphatic hydroxyl groups is 1. The number of hydrogen-bond donors (Lipinski definition) is 3. The van der Waals surface area contributed by atoms with Gasteiger partial charge in [-0.1, -0.05) is 36.3 Å². The predicted molar refractivity (Wildman–Crippen MR) is 152 cm³/mol. The zero-order valence-corrected chi connectivity index (χ0v) is 23.2. The van der Waals surface area contributed by atoms with E-state index in [1.165, 1.54) is 11.4 Å². The minimum absolute atomic E-state index is 0.00881. The molecule has 0 fully saturated rings. The van der Waals surface area contributed by atoms with Gasteiger partial charge in [-0.2, -0.15) is 0 Å². The van der Waals surface area contributed by atoms with Crippen molar-refractivity contribution in [1.29, 1.82) is 0 Å². The number of sulfonamides is 1. The fraction of sp³-hybridized carbons (Fsp3) is 0.414. The number of rotatable bonds is 9. The number of hydrogen-bond acceptors (Lipinski definition) is 5. The summed E-state index contributed by atoms with van der Waals surface area (Å²) < 4.78 is 29.0. The summed E-state index contributed by atoms with van der Waals surface area (Å²) in [6.07, 6.45) is 7.46. The lowest BCUT2D eigenvalue weighted by Crippen LogP contribution is -2.51. The van der Waals surface area contributed by atoms with E-state index in [4.69, 9.17) is 6.42 Å². The van der Waals surface area contributed by atoms with Crippen LogP contribution in [0.5, 0.6) is 0 Å². The van der Waals surface area contributed by atoms with Crippen molar-refractivity contribution in [2.75, 3.05) is 23.7 Å². The molecule has 1 aromatic heterocycles. The number of carbonyl (C=O) groups is 1. The molecule has 2 atom stereocenters. The Balaban J connectivity index is 1.69. The predicted octanol–water partition coefficient (Wildman–Crippen LogP) is 2.69. The molecule has 1 aliphatic rings. The Kier molecular flexibility index (Phi) is 7.88. The van der Waals surface area contributed by atoms with E-state index in [1.807, 2.05) is 61.9 Å². The van der Waals surface area contributed by atoms with Crippen molar-refractivity contribution in [3.63, 3.8) is 0 Å². The number of nitrogens with one attached hydrogen (secondary N) is 2. The van der Waals surface area contributed by atoms with Crippen LogP contribution in [-0.2, 0) is 29.4 Å². The van der Waals surface area contributed by atoms with Crippen LogP contribution in [0, 0.1) is 12.3 Å². The number of β-amino-alcohol motifs (C(OH)–C–C–N with tert-alkyl or cyclic N) is 1. The molecule has 0 spiro atoms. The van der Waals surface area contributed by atoms with Gasteiger partial charge in [-0.3, -0.25) is 14.4 Å². The minimum atomic E-state index is -3.52. The van der Waals surface area contributed by atoms with Gasteiger partial charge >= 0.3 is 0 Å². The zero-order chi connectivity index (χ0) is 27.7. The van der Waals surface area contributed by atoms with Gasteiger partial charge in [0.2, 0.25) is 10.0 Å². The van der Waals surface area contributed by atoms with E-state index in [1.54, 1.807) is 12.1 Å². The maximum Gasteiger partial charge on any atom is 0.251 e. The van der Waals surface area contributed by atoms with E-state index >= 15 is 0 Å². The molecule has 0 unspecified atom stereocenters. The molecule has 1 amide bonds. The smallest absolute Gasteiger partial charge is 0.251 e. The lowest BCUT2D eigenvalue weighted by Gasteiger charge is -2.28. The first-order valence-electron chi connectivity index (χ1n) is 12.8. The van der Waals surface area contributed by atoms with Crippen molar-refractivity contribution >= 4 is 32.5 Å². The molecule has 0 aliphatic carbocycles. The van der Waals surface area contributed by atoms with Gasteiger partial charge in [0, 0.05) is 37.3 Å². The summed E-state index contributed by atoms with van der Waals surface area (Å²) >= 11 is 0. The van der Waals surface area contributed by atoms with Crippen molar-refractivity contribution in [2.45, 2.75) is 57.8 Å². The van der Waals surface area contributed by atoms with Gasteiger partial charge in [0.1, 0.15) is 0 Å². The van der Waals surface area contributed by atoms with Crippen molar-refractivity contribution in [1.82, 2.24) is 15.2 Å². The summed E-state index contributed by atoms with van der Waals surface area (Å²) in [4.78, 5) is 13.6. The average Bonchev–Trinajstić information content (AvgIpc) is 3.23. The molecule has 8 nitrogen and oxygen atoms in total. The van der Waals surface area contributed by atoms with Crippen LogP contribution in [-0.4, -0.2) is 61.0 Å². The van der Waals surface area contributed by atoms with Crippen molar-refractivity contribution in [2.24, 2.45) is 0 Å². The first-order valence-corrected chi connectivity index (χ1v) is 14.4. The third-order valence-electron chi connectivity index (χ3n) is 7.22. The molecule has 0 saturated carbocycles. The molecule has 4 rings (SSSR count). The Labute approximate surface area is 225 Å². The van der Waals surface area contributed by atoms with Crippen LogP contribution in [0.1, 0.15) is 42.3 Å². The van der Waals surface area contributed by atoms with E-state index in [-0.39, 0.29) is 18.2 Å². The van der Waals surface area contributed by atoms with Crippen LogP contribution >= 0.6 is 0 Å². The van der Waals surface area contributed by atoms with Gasteiger partial charge in [0.25, 0.3) is 5.91 Å². The summed E-state index contributed by atoms with van der Waals surface area (Å²) in [6.45, 7) is 6.57. The summed E-state index contributed by atoms with van der Waals surface area (Å²) in [5.41, 5.74) is 2.93. The Bertz CT molecular complexity index is 1470. The second-order valence-corrected chi connectivity index (χ2v) is 12.5.